The van der Waals surface area contributed by atoms with Gasteiger partial charge in [-0.15, -0.1) is 0 Å². The summed E-state index contributed by atoms with van der Waals surface area (Å²) in [6.07, 6.45) is 0.825. The third-order valence-corrected chi connectivity index (χ3v) is 7.44. The van der Waals surface area contributed by atoms with Gasteiger partial charge in [0.15, 0.2) is 5.13 Å². The zero-order chi connectivity index (χ0) is 23.5. The first-order valence-corrected chi connectivity index (χ1v) is 12.6. The lowest BCUT2D eigenvalue weighted by Gasteiger charge is -2.28. The van der Waals surface area contributed by atoms with Crippen molar-refractivity contribution in [2.75, 3.05) is 51.4 Å². The molecule has 1 aliphatic rings. The molecule has 1 aliphatic heterocycles. The largest absolute Gasteiger partial charge is 0.496 e. The fourth-order valence-electron chi connectivity index (χ4n) is 4.28. The van der Waals surface area contributed by atoms with E-state index < -0.39 is 0 Å². The highest BCUT2D eigenvalue weighted by atomic mass is 35.5. The quantitative estimate of drug-likeness (QED) is 0.340. The number of anilines is 1. The molecule has 1 fully saturated rings. The van der Waals surface area contributed by atoms with Gasteiger partial charge in [-0.3, -0.25) is 14.6 Å². The zero-order valence-corrected chi connectivity index (χ0v) is 20.6. The van der Waals surface area contributed by atoms with Crippen LogP contribution in [-0.4, -0.2) is 62.3 Å². The molecule has 4 aromatic rings. The maximum atomic E-state index is 14.0. The molecular weight excluding hydrogens is 470 g/mol. The summed E-state index contributed by atoms with van der Waals surface area (Å²) in [6, 6.07) is 17.5. The van der Waals surface area contributed by atoms with Gasteiger partial charge < -0.3 is 9.47 Å². The summed E-state index contributed by atoms with van der Waals surface area (Å²) in [7, 11) is 1.60. The van der Waals surface area contributed by atoms with E-state index in [4.69, 9.17) is 26.1 Å². The number of fused-ring (bicyclic) bond motifs is 2. The molecule has 3 aromatic carbocycles. The number of hydrogen-bond acceptors (Lipinski definition) is 6. The van der Waals surface area contributed by atoms with Crippen LogP contribution >= 0.6 is 22.9 Å². The summed E-state index contributed by atoms with van der Waals surface area (Å²) >= 11 is 7.87. The van der Waals surface area contributed by atoms with Crippen molar-refractivity contribution in [2.45, 2.75) is 6.42 Å². The van der Waals surface area contributed by atoms with E-state index in [2.05, 4.69) is 4.90 Å². The molecule has 0 N–H and O–H groups in total. The van der Waals surface area contributed by atoms with Crippen molar-refractivity contribution in [3.05, 3.63) is 65.2 Å². The molecule has 8 heteroatoms. The molecule has 2 heterocycles. The van der Waals surface area contributed by atoms with Gasteiger partial charge in [0, 0.05) is 26.2 Å². The number of ether oxygens (including phenoxy) is 2. The smallest absolute Gasteiger partial charge is 0.263 e. The Hall–Kier alpha value is -2.71. The Kier molecular flexibility index (Phi) is 6.97. The molecule has 1 aromatic heterocycles. The second-order valence-electron chi connectivity index (χ2n) is 8.25. The molecule has 0 atom stereocenters. The number of benzene rings is 3. The molecular formula is C26H26ClN3O3S. The monoisotopic (exact) mass is 495 g/mol. The van der Waals surface area contributed by atoms with Crippen LogP contribution in [0.25, 0.3) is 21.0 Å². The molecule has 0 aliphatic carbocycles. The van der Waals surface area contributed by atoms with Crippen molar-refractivity contribution in [2.24, 2.45) is 0 Å². The van der Waals surface area contributed by atoms with Crippen molar-refractivity contribution < 1.29 is 14.3 Å². The third-order valence-electron chi connectivity index (χ3n) is 6.09. The minimum absolute atomic E-state index is 0.125. The van der Waals surface area contributed by atoms with Crippen LogP contribution in [0.4, 0.5) is 5.13 Å². The highest BCUT2D eigenvalue weighted by Crippen LogP contribution is 2.35. The Bertz CT molecular complexity index is 1320. The van der Waals surface area contributed by atoms with Crippen molar-refractivity contribution in [1.29, 1.82) is 0 Å². The van der Waals surface area contributed by atoms with Crippen molar-refractivity contribution in [3.8, 4) is 5.75 Å². The molecule has 0 unspecified atom stereocenters. The van der Waals surface area contributed by atoms with E-state index in [-0.39, 0.29) is 5.91 Å². The lowest BCUT2D eigenvalue weighted by Crippen LogP contribution is -2.39. The average molecular weight is 496 g/mol. The van der Waals surface area contributed by atoms with Crippen molar-refractivity contribution >= 4 is 55.0 Å². The number of rotatable bonds is 7. The van der Waals surface area contributed by atoms with E-state index in [9.17, 15) is 4.79 Å². The number of nitrogens with zero attached hydrogens (tertiary/aromatic N) is 3. The highest BCUT2D eigenvalue weighted by Gasteiger charge is 2.25. The first-order valence-electron chi connectivity index (χ1n) is 11.4. The lowest BCUT2D eigenvalue weighted by atomic mass is 10.0. The van der Waals surface area contributed by atoms with Gasteiger partial charge in [-0.05, 0) is 41.5 Å². The molecule has 0 bridgehead atoms. The predicted molar refractivity (Wildman–Crippen MR) is 139 cm³/mol. The number of aromatic nitrogens is 1. The Balaban J connectivity index is 1.49. The lowest BCUT2D eigenvalue weighted by molar-refractivity contribution is 0.0376. The Morgan fingerprint density at radius 2 is 1.91 bits per heavy atom. The molecule has 176 valence electrons. The van der Waals surface area contributed by atoms with Gasteiger partial charge >= 0.3 is 0 Å². The maximum Gasteiger partial charge on any atom is 0.263 e. The number of thiazole rings is 1. The van der Waals surface area contributed by atoms with Gasteiger partial charge in [0.2, 0.25) is 0 Å². The fourth-order valence-corrected chi connectivity index (χ4v) is 5.57. The van der Waals surface area contributed by atoms with Gasteiger partial charge in [0.25, 0.3) is 5.91 Å². The van der Waals surface area contributed by atoms with E-state index in [1.54, 1.807) is 12.0 Å². The number of para-hydroxylation sites is 1. The molecule has 0 spiro atoms. The van der Waals surface area contributed by atoms with Gasteiger partial charge in [-0.2, -0.15) is 0 Å². The number of hydrogen-bond donors (Lipinski definition) is 0. The first-order chi connectivity index (χ1) is 16.6. The highest BCUT2D eigenvalue weighted by molar-refractivity contribution is 7.22. The maximum absolute atomic E-state index is 14.0. The van der Waals surface area contributed by atoms with Crippen LogP contribution in [0.5, 0.6) is 5.75 Å². The molecule has 5 rings (SSSR count). The van der Waals surface area contributed by atoms with Crippen LogP contribution in [0.2, 0.25) is 5.02 Å². The van der Waals surface area contributed by atoms with Crippen molar-refractivity contribution in [3.63, 3.8) is 0 Å². The Morgan fingerprint density at radius 3 is 2.65 bits per heavy atom. The van der Waals surface area contributed by atoms with E-state index >= 15 is 0 Å². The number of halogens is 1. The fraction of sp³-hybridized carbons (Fsp3) is 0.308. The number of morpholine rings is 1. The minimum atomic E-state index is -0.125. The topological polar surface area (TPSA) is 54.9 Å². The SMILES string of the molecule is COc1cc2ccccc2cc1C(=O)N(CCCN1CCOCC1)c1nc2c(Cl)cccc2s1. The summed E-state index contributed by atoms with van der Waals surface area (Å²) in [4.78, 5) is 22.9. The van der Waals surface area contributed by atoms with Gasteiger partial charge in [-0.25, -0.2) is 4.98 Å². The molecule has 34 heavy (non-hydrogen) atoms. The minimum Gasteiger partial charge on any atom is -0.496 e. The van der Waals surface area contributed by atoms with E-state index in [1.165, 1.54) is 11.3 Å². The second kappa shape index (κ2) is 10.3. The van der Waals surface area contributed by atoms with Crippen LogP contribution in [-0.2, 0) is 4.74 Å². The summed E-state index contributed by atoms with van der Waals surface area (Å²) in [5.41, 5.74) is 1.25. The number of methoxy groups -OCH3 is 1. The van der Waals surface area contributed by atoms with Crippen LogP contribution in [0.3, 0.4) is 0 Å². The summed E-state index contributed by atoms with van der Waals surface area (Å²) in [5.74, 6) is 0.431. The molecule has 1 amide bonds. The van der Waals surface area contributed by atoms with Crippen molar-refractivity contribution in [1.82, 2.24) is 9.88 Å². The molecule has 1 saturated heterocycles. The third kappa shape index (κ3) is 4.74. The van der Waals surface area contributed by atoms with Gasteiger partial charge in [0.1, 0.15) is 11.3 Å². The number of amides is 1. The van der Waals surface area contributed by atoms with Crippen LogP contribution in [0.15, 0.2) is 54.6 Å². The molecule has 0 radical (unpaired) electrons. The average Bonchev–Trinajstić information content (AvgIpc) is 3.31. The van der Waals surface area contributed by atoms with E-state index in [1.807, 2.05) is 54.6 Å². The van der Waals surface area contributed by atoms with Gasteiger partial charge in [0.05, 0.1) is 35.6 Å². The Morgan fingerprint density at radius 1 is 1.15 bits per heavy atom. The summed E-state index contributed by atoms with van der Waals surface area (Å²) < 4.78 is 12.0. The summed E-state index contributed by atoms with van der Waals surface area (Å²) in [6.45, 7) is 4.80. The number of carbonyl (C=O) groups is 1. The summed E-state index contributed by atoms with van der Waals surface area (Å²) in [5, 5.41) is 3.25. The van der Waals surface area contributed by atoms with Gasteiger partial charge in [-0.1, -0.05) is 53.3 Å². The zero-order valence-electron chi connectivity index (χ0n) is 19.0. The van der Waals surface area contributed by atoms with Crippen LogP contribution < -0.4 is 9.64 Å². The normalized spacial score (nSPS) is 14.5. The first kappa shape index (κ1) is 23.1. The van der Waals surface area contributed by atoms with Crippen LogP contribution in [0.1, 0.15) is 16.8 Å². The molecule has 0 saturated carbocycles. The molecule has 6 nitrogen and oxygen atoms in total. The van der Waals surface area contributed by atoms with E-state index in [0.717, 1.165) is 60.3 Å². The standard InChI is InChI=1S/C26H26ClN3O3S/c1-32-22-17-19-7-3-2-6-18(19)16-20(22)25(31)30(11-5-10-29-12-14-33-15-13-29)26-28-24-21(27)8-4-9-23(24)34-26/h2-4,6-9,16-17H,5,10-15H2,1H3. The Labute approximate surface area is 207 Å². The predicted octanol–water partition coefficient (Wildman–Crippen LogP) is 5.48. The van der Waals surface area contributed by atoms with E-state index in [0.29, 0.717) is 28.0 Å². The number of carbonyl (C=O) groups excluding carboxylic acids is 1. The second-order valence-corrected chi connectivity index (χ2v) is 9.66. The van der Waals surface area contributed by atoms with Crippen LogP contribution in [0, 0.1) is 0 Å².